The first kappa shape index (κ1) is 19.0. The van der Waals surface area contributed by atoms with Gasteiger partial charge in [0.15, 0.2) is 0 Å². The van der Waals surface area contributed by atoms with Gasteiger partial charge in [-0.1, -0.05) is 12.1 Å². The largest absolute Gasteiger partial charge is 0.497 e. The molecular weight excluding hydrogens is 332 g/mol. The van der Waals surface area contributed by atoms with Crippen LogP contribution in [-0.2, 0) is 9.59 Å². The van der Waals surface area contributed by atoms with Crippen molar-refractivity contribution >= 4 is 23.2 Å². The van der Waals surface area contributed by atoms with Crippen molar-refractivity contribution in [3.05, 3.63) is 54.1 Å². The molecule has 0 fully saturated rings. The van der Waals surface area contributed by atoms with Gasteiger partial charge in [-0.3, -0.25) is 14.5 Å². The van der Waals surface area contributed by atoms with E-state index in [1.165, 1.54) is 0 Å². The van der Waals surface area contributed by atoms with E-state index in [0.717, 1.165) is 0 Å². The van der Waals surface area contributed by atoms with Crippen molar-refractivity contribution < 1.29 is 14.3 Å². The van der Waals surface area contributed by atoms with Crippen molar-refractivity contribution in [1.82, 2.24) is 4.90 Å². The third-order valence-corrected chi connectivity index (χ3v) is 3.52. The summed E-state index contributed by atoms with van der Waals surface area (Å²) in [5.74, 6) is 0.171. The summed E-state index contributed by atoms with van der Waals surface area (Å²) in [6.45, 7) is 0.0785. The van der Waals surface area contributed by atoms with Gasteiger partial charge in [0.1, 0.15) is 11.8 Å². The molecule has 0 saturated heterocycles. The van der Waals surface area contributed by atoms with Gasteiger partial charge in [0.2, 0.25) is 11.8 Å². The first-order valence-corrected chi connectivity index (χ1v) is 7.93. The Balaban J connectivity index is 1.83. The second kappa shape index (κ2) is 9.20. The fraction of sp³-hybridized carbons (Fsp3) is 0.211. The Labute approximate surface area is 152 Å². The minimum absolute atomic E-state index is 0.0236. The van der Waals surface area contributed by atoms with Crippen LogP contribution < -0.4 is 15.4 Å². The number of benzene rings is 2. The highest BCUT2D eigenvalue weighted by molar-refractivity contribution is 5.95. The van der Waals surface area contributed by atoms with E-state index < -0.39 is 0 Å². The molecule has 2 N–H and O–H groups in total. The van der Waals surface area contributed by atoms with Crippen molar-refractivity contribution in [2.75, 3.05) is 37.9 Å². The number of carbonyl (C=O) groups is 2. The van der Waals surface area contributed by atoms with Crippen LogP contribution in [0.25, 0.3) is 0 Å². The third-order valence-electron chi connectivity index (χ3n) is 3.52. The molecule has 0 aliphatic carbocycles. The summed E-state index contributed by atoms with van der Waals surface area (Å²) in [5, 5.41) is 14.5. The van der Waals surface area contributed by atoms with Crippen molar-refractivity contribution in [2.24, 2.45) is 0 Å². The predicted octanol–water partition coefficient (Wildman–Crippen LogP) is 2.08. The number of rotatable bonds is 7. The Bertz CT molecular complexity index is 812. The maximum Gasteiger partial charge on any atom is 0.238 e. The van der Waals surface area contributed by atoms with Crippen LogP contribution in [0.4, 0.5) is 11.4 Å². The van der Waals surface area contributed by atoms with Gasteiger partial charge in [-0.05, 0) is 43.4 Å². The topological polar surface area (TPSA) is 94.5 Å². The van der Waals surface area contributed by atoms with E-state index in [2.05, 4.69) is 10.6 Å². The summed E-state index contributed by atoms with van der Waals surface area (Å²) < 4.78 is 5.06. The molecule has 0 atom stereocenters. The van der Waals surface area contributed by atoms with Gasteiger partial charge >= 0.3 is 0 Å². The highest BCUT2D eigenvalue weighted by Gasteiger charge is 2.12. The molecule has 0 bridgehead atoms. The molecule has 7 heteroatoms. The van der Waals surface area contributed by atoms with Gasteiger partial charge in [0.25, 0.3) is 0 Å². The van der Waals surface area contributed by atoms with Crippen LogP contribution >= 0.6 is 0 Å². The SMILES string of the molecule is COc1ccc(NC(=O)CN(C)CC(=O)Nc2ccccc2C#N)cc1. The van der Waals surface area contributed by atoms with E-state index in [4.69, 9.17) is 10.00 Å². The Morgan fingerprint density at radius 1 is 1.04 bits per heavy atom. The molecule has 7 nitrogen and oxygen atoms in total. The lowest BCUT2D eigenvalue weighted by atomic mass is 10.2. The van der Waals surface area contributed by atoms with Crippen LogP contribution in [0.5, 0.6) is 5.75 Å². The number of nitrogens with one attached hydrogen (secondary N) is 2. The zero-order chi connectivity index (χ0) is 18.9. The number of carbonyl (C=O) groups excluding carboxylic acids is 2. The van der Waals surface area contributed by atoms with Crippen LogP contribution in [0.1, 0.15) is 5.56 Å². The maximum atomic E-state index is 12.1. The van der Waals surface area contributed by atoms with Gasteiger partial charge in [-0.15, -0.1) is 0 Å². The second-order valence-corrected chi connectivity index (χ2v) is 5.65. The average molecular weight is 352 g/mol. The van der Waals surface area contributed by atoms with E-state index in [1.807, 2.05) is 6.07 Å². The van der Waals surface area contributed by atoms with Crippen LogP contribution in [0.3, 0.4) is 0 Å². The molecule has 0 aliphatic rings. The van der Waals surface area contributed by atoms with E-state index in [9.17, 15) is 9.59 Å². The number of hydrogen-bond donors (Lipinski definition) is 2. The minimum atomic E-state index is -0.299. The zero-order valence-corrected chi connectivity index (χ0v) is 14.7. The number of para-hydroxylation sites is 1. The molecule has 26 heavy (non-hydrogen) atoms. The number of likely N-dealkylation sites (N-methyl/N-ethyl adjacent to an activating group) is 1. The number of hydrogen-bond acceptors (Lipinski definition) is 5. The summed E-state index contributed by atoms with van der Waals surface area (Å²) in [4.78, 5) is 25.7. The molecule has 2 aromatic rings. The van der Waals surface area contributed by atoms with Crippen LogP contribution in [0, 0.1) is 11.3 Å². The summed E-state index contributed by atoms with van der Waals surface area (Å²) in [6, 6.07) is 15.7. The number of nitriles is 1. The number of amides is 2. The van der Waals surface area contributed by atoms with E-state index in [0.29, 0.717) is 22.7 Å². The Morgan fingerprint density at radius 3 is 2.27 bits per heavy atom. The molecule has 0 spiro atoms. The van der Waals surface area contributed by atoms with Gasteiger partial charge in [-0.25, -0.2) is 0 Å². The minimum Gasteiger partial charge on any atom is -0.497 e. The number of methoxy groups -OCH3 is 1. The molecule has 0 unspecified atom stereocenters. The molecule has 0 heterocycles. The molecular formula is C19H20N4O3. The first-order chi connectivity index (χ1) is 12.5. The van der Waals surface area contributed by atoms with Gasteiger partial charge in [0.05, 0.1) is 31.5 Å². The van der Waals surface area contributed by atoms with E-state index >= 15 is 0 Å². The lowest BCUT2D eigenvalue weighted by Crippen LogP contribution is -2.36. The van der Waals surface area contributed by atoms with Crippen LogP contribution in [0.15, 0.2) is 48.5 Å². The smallest absolute Gasteiger partial charge is 0.238 e. The monoisotopic (exact) mass is 352 g/mol. The number of ether oxygens (including phenoxy) is 1. The van der Waals surface area contributed by atoms with Crippen molar-refractivity contribution in [2.45, 2.75) is 0 Å². The van der Waals surface area contributed by atoms with Crippen molar-refractivity contribution in [3.63, 3.8) is 0 Å². The molecule has 0 radical (unpaired) electrons. The predicted molar refractivity (Wildman–Crippen MR) is 98.9 cm³/mol. The summed E-state index contributed by atoms with van der Waals surface area (Å²) in [6.07, 6.45) is 0. The first-order valence-electron chi connectivity index (χ1n) is 7.93. The Morgan fingerprint density at radius 2 is 1.65 bits per heavy atom. The van der Waals surface area contributed by atoms with Crippen molar-refractivity contribution in [3.8, 4) is 11.8 Å². The summed E-state index contributed by atoms with van der Waals surface area (Å²) in [5.41, 5.74) is 1.49. The molecule has 0 saturated carbocycles. The normalized spacial score (nSPS) is 10.1. The number of nitrogens with zero attached hydrogens (tertiary/aromatic N) is 2. The second-order valence-electron chi connectivity index (χ2n) is 5.65. The highest BCUT2D eigenvalue weighted by atomic mass is 16.5. The average Bonchev–Trinajstić information content (AvgIpc) is 2.62. The summed E-state index contributed by atoms with van der Waals surface area (Å²) in [7, 11) is 3.24. The lowest BCUT2D eigenvalue weighted by molar-refractivity contribution is -0.119. The Kier molecular flexibility index (Phi) is 6.71. The van der Waals surface area contributed by atoms with Gasteiger partial charge < -0.3 is 15.4 Å². The molecule has 134 valence electrons. The molecule has 0 aromatic heterocycles. The van der Waals surface area contributed by atoms with Crippen LogP contribution in [-0.4, -0.2) is 44.0 Å². The highest BCUT2D eigenvalue weighted by Crippen LogP contribution is 2.15. The zero-order valence-electron chi connectivity index (χ0n) is 14.7. The lowest BCUT2D eigenvalue weighted by Gasteiger charge is -2.16. The fourth-order valence-corrected chi connectivity index (χ4v) is 2.30. The van der Waals surface area contributed by atoms with Gasteiger partial charge in [-0.2, -0.15) is 5.26 Å². The molecule has 0 aliphatic heterocycles. The summed E-state index contributed by atoms with van der Waals surface area (Å²) >= 11 is 0. The van der Waals surface area contributed by atoms with Crippen LogP contribution in [0.2, 0.25) is 0 Å². The number of anilines is 2. The standard InChI is InChI=1S/C19H20N4O3/c1-23(12-18(24)21-15-7-9-16(26-2)10-8-15)13-19(25)22-17-6-4-3-5-14(17)11-20/h3-10H,12-13H2,1-2H3,(H,21,24)(H,22,25). The van der Waals surface area contributed by atoms with Crippen molar-refractivity contribution in [1.29, 1.82) is 5.26 Å². The van der Waals surface area contributed by atoms with E-state index in [1.54, 1.807) is 67.6 Å². The van der Waals surface area contributed by atoms with E-state index in [-0.39, 0.29) is 24.9 Å². The fourth-order valence-electron chi connectivity index (χ4n) is 2.30. The van der Waals surface area contributed by atoms with Gasteiger partial charge in [0, 0.05) is 5.69 Å². The molecule has 2 aromatic carbocycles. The quantitative estimate of drug-likeness (QED) is 0.795. The molecule has 2 rings (SSSR count). The maximum absolute atomic E-state index is 12.1. The Hall–Kier alpha value is -3.37. The molecule has 2 amide bonds. The third kappa shape index (κ3) is 5.61.